The molecule has 0 unspecified atom stereocenters. The molecule has 3 N–H and O–H groups in total. The van der Waals surface area contributed by atoms with Gasteiger partial charge in [-0.2, -0.15) is 0 Å². The average Bonchev–Trinajstić information content (AvgIpc) is 2.92. The van der Waals surface area contributed by atoms with E-state index in [4.69, 9.17) is 5.73 Å². The first-order valence-electron chi connectivity index (χ1n) is 6.81. The molecule has 0 amide bonds. The zero-order valence-corrected chi connectivity index (χ0v) is 12.5. The van der Waals surface area contributed by atoms with Crippen molar-refractivity contribution in [1.82, 2.24) is 14.9 Å². The summed E-state index contributed by atoms with van der Waals surface area (Å²) < 4.78 is 0. The number of nitrogens with one attached hydrogen (secondary N) is 1. The van der Waals surface area contributed by atoms with Crippen LogP contribution in [0.5, 0.6) is 0 Å². The van der Waals surface area contributed by atoms with Gasteiger partial charge in [0.1, 0.15) is 11.6 Å². The molecule has 1 aliphatic carbocycles. The van der Waals surface area contributed by atoms with Crippen molar-refractivity contribution in [1.29, 1.82) is 0 Å². The molecule has 0 aliphatic heterocycles. The number of thioether (sulfide) groups is 1. The number of nitrogens with zero attached hydrogens (tertiary/aromatic N) is 3. The molecule has 2 rings (SSSR count). The number of rotatable bonds is 6. The minimum absolute atomic E-state index is 0.519. The van der Waals surface area contributed by atoms with E-state index in [9.17, 15) is 0 Å². The van der Waals surface area contributed by atoms with E-state index in [0.717, 1.165) is 24.9 Å². The van der Waals surface area contributed by atoms with E-state index in [2.05, 4.69) is 27.2 Å². The van der Waals surface area contributed by atoms with Crippen molar-refractivity contribution >= 4 is 23.4 Å². The molecule has 1 saturated carbocycles. The maximum atomic E-state index is 5.75. The van der Waals surface area contributed by atoms with Crippen LogP contribution in [0.25, 0.3) is 0 Å². The molecule has 1 aromatic rings. The normalized spacial score (nSPS) is 16.2. The number of likely N-dealkylation sites (N-methyl/N-ethyl adjacent to an activating group) is 1. The van der Waals surface area contributed by atoms with E-state index in [-0.39, 0.29) is 0 Å². The summed E-state index contributed by atoms with van der Waals surface area (Å²) in [5, 5.41) is 4.04. The second kappa shape index (κ2) is 6.96. The summed E-state index contributed by atoms with van der Waals surface area (Å²) in [4.78, 5) is 11.0. The lowest BCUT2D eigenvalue weighted by Gasteiger charge is -2.24. The van der Waals surface area contributed by atoms with Crippen molar-refractivity contribution in [3.8, 4) is 0 Å². The molecule has 1 aliphatic rings. The predicted molar refractivity (Wildman–Crippen MR) is 81.6 cm³/mol. The van der Waals surface area contributed by atoms with Crippen LogP contribution in [0, 0.1) is 0 Å². The van der Waals surface area contributed by atoms with Gasteiger partial charge in [0.05, 0.1) is 0 Å². The molecule has 0 aromatic carbocycles. The van der Waals surface area contributed by atoms with Gasteiger partial charge in [0.2, 0.25) is 0 Å². The lowest BCUT2D eigenvalue weighted by molar-refractivity contribution is 0.254. The zero-order valence-electron chi connectivity index (χ0n) is 11.7. The largest absolute Gasteiger partial charge is 0.383 e. The summed E-state index contributed by atoms with van der Waals surface area (Å²) in [7, 11) is 2.21. The molecule has 5 nitrogen and oxygen atoms in total. The van der Waals surface area contributed by atoms with Crippen LogP contribution >= 0.6 is 11.8 Å². The maximum absolute atomic E-state index is 5.75. The van der Waals surface area contributed by atoms with Gasteiger partial charge in [0.25, 0.3) is 0 Å². The first-order valence-corrected chi connectivity index (χ1v) is 8.04. The summed E-state index contributed by atoms with van der Waals surface area (Å²) in [6.07, 6.45) is 7.39. The Bertz CT molecular complexity index is 406. The second-order valence-corrected chi connectivity index (χ2v) is 5.78. The lowest BCUT2D eigenvalue weighted by atomic mass is 10.2. The molecule has 0 saturated heterocycles. The molecule has 19 heavy (non-hydrogen) atoms. The third-order valence-electron chi connectivity index (χ3n) is 3.63. The van der Waals surface area contributed by atoms with Crippen molar-refractivity contribution in [3.63, 3.8) is 0 Å². The highest BCUT2D eigenvalue weighted by Crippen LogP contribution is 2.22. The fourth-order valence-electron chi connectivity index (χ4n) is 2.51. The summed E-state index contributed by atoms with van der Waals surface area (Å²) in [6, 6.07) is 2.55. The summed E-state index contributed by atoms with van der Waals surface area (Å²) in [5.74, 6) is 1.34. The van der Waals surface area contributed by atoms with Gasteiger partial charge in [-0.3, -0.25) is 0 Å². The SMILES string of the molecule is CSc1nc(N)cc(NCCN(C)C2CCCC2)n1. The Morgan fingerprint density at radius 1 is 1.42 bits per heavy atom. The Balaban J connectivity index is 1.80. The Morgan fingerprint density at radius 2 is 2.16 bits per heavy atom. The molecule has 1 fully saturated rings. The van der Waals surface area contributed by atoms with Crippen LogP contribution in [0.3, 0.4) is 0 Å². The van der Waals surface area contributed by atoms with Gasteiger partial charge in [-0.05, 0) is 26.1 Å². The van der Waals surface area contributed by atoms with Gasteiger partial charge < -0.3 is 16.0 Å². The maximum Gasteiger partial charge on any atom is 0.191 e. The van der Waals surface area contributed by atoms with Crippen LogP contribution in [-0.4, -0.2) is 47.3 Å². The zero-order chi connectivity index (χ0) is 13.7. The van der Waals surface area contributed by atoms with Crippen LogP contribution in [0.2, 0.25) is 0 Å². The average molecular weight is 281 g/mol. The van der Waals surface area contributed by atoms with E-state index in [0.29, 0.717) is 11.0 Å². The van der Waals surface area contributed by atoms with Gasteiger partial charge >= 0.3 is 0 Å². The highest BCUT2D eigenvalue weighted by molar-refractivity contribution is 7.98. The smallest absolute Gasteiger partial charge is 0.191 e. The lowest BCUT2D eigenvalue weighted by Crippen LogP contribution is -2.33. The minimum Gasteiger partial charge on any atom is -0.383 e. The quantitative estimate of drug-likeness (QED) is 0.614. The van der Waals surface area contributed by atoms with Crippen LogP contribution in [0.15, 0.2) is 11.2 Å². The number of hydrogen-bond donors (Lipinski definition) is 2. The van der Waals surface area contributed by atoms with Gasteiger partial charge in [0.15, 0.2) is 5.16 Å². The van der Waals surface area contributed by atoms with E-state index in [1.165, 1.54) is 37.4 Å². The highest BCUT2D eigenvalue weighted by Gasteiger charge is 2.18. The van der Waals surface area contributed by atoms with Crippen LogP contribution in [-0.2, 0) is 0 Å². The topological polar surface area (TPSA) is 67.1 Å². The third-order valence-corrected chi connectivity index (χ3v) is 4.17. The van der Waals surface area contributed by atoms with Gasteiger partial charge in [0, 0.05) is 25.2 Å². The summed E-state index contributed by atoms with van der Waals surface area (Å²) >= 11 is 1.50. The molecule has 106 valence electrons. The Hall–Kier alpha value is -1.01. The van der Waals surface area contributed by atoms with Crippen molar-refractivity contribution < 1.29 is 0 Å². The molecule has 1 aromatic heterocycles. The fraction of sp³-hybridized carbons (Fsp3) is 0.692. The Morgan fingerprint density at radius 3 is 2.84 bits per heavy atom. The van der Waals surface area contributed by atoms with E-state index in [1.807, 2.05) is 6.26 Å². The monoisotopic (exact) mass is 281 g/mol. The molecule has 0 atom stereocenters. The molecular weight excluding hydrogens is 258 g/mol. The molecule has 6 heteroatoms. The number of nitrogens with two attached hydrogens (primary N) is 1. The van der Waals surface area contributed by atoms with Crippen LogP contribution in [0.1, 0.15) is 25.7 Å². The minimum atomic E-state index is 0.519. The molecule has 0 radical (unpaired) electrons. The molecular formula is C13H23N5S. The fourth-order valence-corrected chi connectivity index (χ4v) is 2.90. The summed E-state index contributed by atoms with van der Waals surface area (Å²) in [6.45, 7) is 1.92. The number of nitrogen functional groups attached to an aromatic ring is 1. The molecule has 0 spiro atoms. The number of anilines is 2. The van der Waals surface area contributed by atoms with E-state index in [1.54, 1.807) is 6.07 Å². The van der Waals surface area contributed by atoms with Gasteiger partial charge in [-0.25, -0.2) is 9.97 Å². The van der Waals surface area contributed by atoms with Crippen LogP contribution in [0.4, 0.5) is 11.6 Å². The second-order valence-electron chi connectivity index (χ2n) is 5.01. The first kappa shape index (κ1) is 14.4. The molecule has 1 heterocycles. The van der Waals surface area contributed by atoms with Crippen molar-refractivity contribution in [2.24, 2.45) is 0 Å². The van der Waals surface area contributed by atoms with Crippen LogP contribution < -0.4 is 11.1 Å². The van der Waals surface area contributed by atoms with Gasteiger partial charge in [-0.1, -0.05) is 24.6 Å². The van der Waals surface area contributed by atoms with Gasteiger partial charge in [-0.15, -0.1) is 0 Å². The van der Waals surface area contributed by atoms with Crippen molar-refractivity contribution in [3.05, 3.63) is 6.07 Å². The van der Waals surface area contributed by atoms with Crippen molar-refractivity contribution in [2.45, 2.75) is 36.9 Å². The van der Waals surface area contributed by atoms with E-state index >= 15 is 0 Å². The number of hydrogen-bond acceptors (Lipinski definition) is 6. The third kappa shape index (κ3) is 4.24. The standard InChI is InChI=1S/C13H23N5S/c1-18(10-5-3-4-6-10)8-7-15-12-9-11(14)16-13(17-12)19-2/h9-10H,3-8H2,1-2H3,(H3,14,15,16,17). The Labute approximate surface area is 119 Å². The Kier molecular flexibility index (Phi) is 5.27. The molecule has 0 bridgehead atoms. The predicted octanol–water partition coefficient (Wildman–Crippen LogP) is 2.07. The number of aromatic nitrogens is 2. The first-order chi connectivity index (χ1) is 9.19. The van der Waals surface area contributed by atoms with Crippen molar-refractivity contribution in [2.75, 3.05) is 37.4 Å². The summed E-state index contributed by atoms with van der Waals surface area (Å²) in [5.41, 5.74) is 5.75. The highest BCUT2D eigenvalue weighted by atomic mass is 32.2. The van der Waals surface area contributed by atoms with E-state index < -0.39 is 0 Å².